The van der Waals surface area contributed by atoms with Crippen molar-refractivity contribution in [2.45, 2.75) is 23.9 Å². The van der Waals surface area contributed by atoms with Crippen molar-refractivity contribution in [2.75, 3.05) is 25.2 Å². The van der Waals surface area contributed by atoms with Crippen LogP contribution in [-0.4, -0.2) is 64.8 Å². The highest BCUT2D eigenvalue weighted by atomic mass is 32.2. The van der Waals surface area contributed by atoms with Crippen molar-refractivity contribution in [3.8, 4) is 0 Å². The first kappa shape index (κ1) is 23.0. The number of nitrogens with one attached hydrogen (secondary N) is 1. The highest BCUT2D eigenvalue weighted by Crippen LogP contribution is 2.17. The van der Waals surface area contributed by atoms with Crippen LogP contribution < -0.4 is 4.72 Å². The smallest absolute Gasteiger partial charge is 0.338 e. The average Bonchev–Trinajstić information content (AvgIpc) is 3.39. The van der Waals surface area contributed by atoms with Crippen molar-refractivity contribution in [1.82, 2.24) is 9.62 Å². The van der Waals surface area contributed by atoms with Crippen LogP contribution in [0.1, 0.15) is 22.5 Å². The van der Waals surface area contributed by atoms with Crippen molar-refractivity contribution >= 4 is 31.7 Å². The molecule has 10 nitrogen and oxygen atoms in total. The zero-order valence-electron chi connectivity index (χ0n) is 16.7. The van der Waals surface area contributed by atoms with E-state index in [1.165, 1.54) is 36.4 Å². The Morgan fingerprint density at radius 3 is 2.68 bits per heavy atom. The van der Waals surface area contributed by atoms with Crippen LogP contribution in [-0.2, 0) is 35.9 Å². The molecule has 1 aliphatic heterocycles. The lowest BCUT2D eigenvalue weighted by atomic mass is 10.2. The molecule has 2 aromatic rings. The number of sulfone groups is 1. The Morgan fingerprint density at radius 1 is 1.26 bits per heavy atom. The van der Waals surface area contributed by atoms with Crippen LogP contribution >= 0.6 is 0 Å². The maximum Gasteiger partial charge on any atom is 0.338 e. The summed E-state index contributed by atoms with van der Waals surface area (Å²) < 4.78 is 60.5. The van der Waals surface area contributed by atoms with Gasteiger partial charge in [-0.15, -0.1) is 0 Å². The Bertz CT molecular complexity index is 1160. The van der Waals surface area contributed by atoms with Gasteiger partial charge in [-0.25, -0.2) is 26.4 Å². The van der Waals surface area contributed by atoms with Gasteiger partial charge in [0.1, 0.15) is 5.76 Å². The minimum atomic E-state index is -3.91. The average molecular weight is 471 g/mol. The van der Waals surface area contributed by atoms with E-state index < -0.39 is 44.4 Å². The highest BCUT2D eigenvalue weighted by molar-refractivity contribution is 7.91. The Labute approximate surface area is 180 Å². The monoisotopic (exact) mass is 470 g/mol. The molecule has 1 aromatic heterocycles. The van der Waals surface area contributed by atoms with Gasteiger partial charge in [-0.05, 0) is 36.8 Å². The molecule has 1 N–H and O–H groups in total. The van der Waals surface area contributed by atoms with Crippen molar-refractivity contribution < 1.29 is 35.6 Å². The summed E-state index contributed by atoms with van der Waals surface area (Å²) in [7, 11) is -5.61. The van der Waals surface area contributed by atoms with Gasteiger partial charge in [0.25, 0.3) is 5.91 Å². The number of nitrogens with zero attached hydrogens (tertiary/aromatic N) is 1. The molecule has 168 valence electrons. The number of hydrogen-bond acceptors (Lipinski definition) is 8. The van der Waals surface area contributed by atoms with Gasteiger partial charge in [-0.1, -0.05) is 6.07 Å². The lowest BCUT2D eigenvalue weighted by Gasteiger charge is -2.23. The molecular weight excluding hydrogens is 448 g/mol. The minimum absolute atomic E-state index is 0.0182. The van der Waals surface area contributed by atoms with E-state index in [0.29, 0.717) is 12.2 Å². The number of sulfonamides is 1. The van der Waals surface area contributed by atoms with E-state index >= 15 is 0 Å². The fraction of sp³-hybridized carbons (Fsp3) is 0.368. The van der Waals surface area contributed by atoms with Crippen molar-refractivity contribution in [3.63, 3.8) is 0 Å². The van der Waals surface area contributed by atoms with Gasteiger partial charge >= 0.3 is 5.97 Å². The molecule has 1 unspecified atom stereocenters. The summed E-state index contributed by atoms with van der Waals surface area (Å²) in [5.41, 5.74) is -0.0419. The summed E-state index contributed by atoms with van der Waals surface area (Å²) in [4.78, 5) is 25.7. The Hall–Kier alpha value is -2.70. The Kier molecular flexibility index (Phi) is 6.82. The van der Waals surface area contributed by atoms with E-state index in [4.69, 9.17) is 9.15 Å². The number of rotatable bonds is 8. The molecule has 12 heteroatoms. The topological polar surface area (TPSA) is 140 Å². The summed E-state index contributed by atoms with van der Waals surface area (Å²) in [6.45, 7) is -0.638. The zero-order valence-corrected chi connectivity index (χ0v) is 18.3. The summed E-state index contributed by atoms with van der Waals surface area (Å²) in [6.07, 6.45) is 1.76. The maximum absolute atomic E-state index is 12.4. The van der Waals surface area contributed by atoms with Gasteiger partial charge in [-0.3, -0.25) is 4.79 Å². The van der Waals surface area contributed by atoms with Crippen molar-refractivity contribution in [3.05, 3.63) is 54.0 Å². The molecular formula is C19H22N2O8S2. The molecule has 0 bridgehead atoms. The summed E-state index contributed by atoms with van der Waals surface area (Å²) in [6, 6.07) is 8.01. The zero-order chi connectivity index (χ0) is 22.6. The second-order valence-electron chi connectivity index (χ2n) is 7.07. The van der Waals surface area contributed by atoms with Crippen LogP contribution in [0.2, 0.25) is 0 Å². The highest BCUT2D eigenvalue weighted by Gasteiger charge is 2.33. The van der Waals surface area contributed by atoms with E-state index in [-0.39, 0.29) is 28.5 Å². The third-order valence-electron chi connectivity index (χ3n) is 4.87. The Morgan fingerprint density at radius 2 is 2.03 bits per heavy atom. The summed E-state index contributed by atoms with van der Waals surface area (Å²) in [5, 5.41) is 0. The number of furan rings is 1. The lowest BCUT2D eigenvalue weighted by molar-refractivity contribution is -0.134. The van der Waals surface area contributed by atoms with Crippen LogP contribution in [0.15, 0.2) is 52.0 Å². The third-order valence-corrected chi connectivity index (χ3v) is 8.02. The number of carbonyl (C=O) groups is 2. The molecule has 0 aliphatic carbocycles. The van der Waals surface area contributed by atoms with E-state index in [1.807, 2.05) is 0 Å². The normalized spacial score (nSPS) is 17.9. The quantitative estimate of drug-likeness (QED) is 0.552. The number of benzene rings is 1. The molecule has 1 amide bonds. The molecule has 31 heavy (non-hydrogen) atoms. The summed E-state index contributed by atoms with van der Waals surface area (Å²) in [5.74, 6) is -1.08. The van der Waals surface area contributed by atoms with Crippen LogP contribution in [0, 0.1) is 0 Å². The van der Waals surface area contributed by atoms with Crippen LogP contribution in [0.25, 0.3) is 0 Å². The number of likely N-dealkylation sites (N-methyl/N-ethyl adjacent to an activating group) is 1. The predicted octanol–water partition coefficient (Wildman–Crippen LogP) is 0.560. The predicted molar refractivity (Wildman–Crippen MR) is 109 cm³/mol. The lowest BCUT2D eigenvalue weighted by Crippen LogP contribution is -2.40. The van der Waals surface area contributed by atoms with Gasteiger partial charge in [-0.2, -0.15) is 0 Å². The fourth-order valence-corrected chi connectivity index (χ4v) is 5.86. The maximum atomic E-state index is 12.4. The van der Waals surface area contributed by atoms with Gasteiger partial charge in [0.05, 0.1) is 34.8 Å². The number of hydrogen-bond donors (Lipinski definition) is 1. The number of carbonyl (C=O) groups excluding carboxylic acids is 2. The summed E-state index contributed by atoms with van der Waals surface area (Å²) >= 11 is 0. The molecule has 0 saturated carbocycles. The van der Waals surface area contributed by atoms with Crippen LogP contribution in [0.4, 0.5) is 0 Å². The van der Waals surface area contributed by atoms with Crippen molar-refractivity contribution in [2.24, 2.45) is 0 Å². The molecule has 1 saturated heterocycles. The van der Waals surface area contributed by atoms with E-state index in [0.717, 1.165) is 6.07 Å². The number of amides is 1. The van der Waals surface area contributed by atoms with Gasteiger partial charge in [0, 0.05) is 13.1 Å². The van der Waals surface area contributed by atoms with Crippen LogP contribution in [0.3, 0.4) is 0 Å². The number of ether oxygens (including phenoxy) is 1. The molecule has 0 spiro atoms. The standard InChI is InChI=1S/C19H22N2O8S2/c1-21(15-7-9-30(24,25)13-15)18(22)12-29-19(23)14-4-2-6-17(10-14)31(26,27)20-11-16-5-3-8-28-16/h2-6,8,10,15,20H,7,9,11-13H2,1H3. The molecule has 1 aliphatic rings. The fourth-order valence-electron chi connectivity index (χ4n) is 3.05. The van der Waals surface area contributed by atoms with Gasteiger partial charge < -0.3 is 14.1 Å². The molecule has 1 atom stereocenters. The van der Waals surface area contributed by atoms with E-state index in [2.05, 4.69) is 4.72 Å². The van der Waals surface area contributed by atoms with Gasteiger partial charge in [0.2, 0.25) is 10.0 Å². The van der Waals surface area contributed by atoms with E-state index in [9.17, 15) is 26.4 Å². The largest absolute Gasteiger partial charge is 0.468 e. The first-order valence-corrected chi connectivity index (χ1v) is 12.6. The second-order valence-corrected chi connectivity index (χ2v) is 11.1. The first-order valence-electron chi connectivity index (χ1n) is 9.33. The molecule has 3 rings (SSSR count). The molecule has 1 fully saturated rings. The van der Waals surface area contributed by atoms with Crippen LogP contribution in [0.5, 0.6) is 0 Å². The molecule has 2 heterocycles. The molecule has 1 aromatic carbocycles. The Balaban J connectivity index is 1.59. The van der Waals surface area contributed by atoms with Gasteiger partial charge in [0.15, 0.2) is 16.4 Å². The SMILES string of the molecule is CN(C(=O)COC(=O)c1cccc(S(=O)(=O)NCc2ccco2)c1)C1CCS(=O)(=O)C1. The van der Waals surface area contributed by atoms with Crippen molar-refractivity contribution in [1.29, 1.82) is 0 Å². The minimum Gasteiger partial charge on any atom is -0.468 e. The van der Waals surface area contributed by atoms with E-state index in [1.54, 1.807) is 12.1 Å². The number of esters is 1. The third kappa shape index (κ3) is 5.93. The second kappa shape index (κ2) is 9.20. The first-order chi connectivity index (χ1) is 14.6. The molecule has 0 radical (unpaired) electrons.